The van der Waals surface area contributed by atoms with E-state index < -0.39 is 0 Å². The molecule has 2 nitrogen and oxygen atoms in total. The van der Waals surface area contributed by atoms with E-state index in [9.17, 15) is 0 Å². The topological polar surface area (TPSA) is 35.8 Å². The van der Waals surface area contributed by atoms with E-state index in [4.69, 9.17) is 5.26 Å². The van der Waals surface area contributed by atoms with Crippen LogP contribution in [0.3, 0.4) is 0 Å². The molecule has 15 heavy (non-hydrogen) atoms. The summed E-state index contributed by atoms with van der Waals surface area (Å²) in [5.74, 6) is 1.47. The van der Waals surface area contributed by atoms with E-state index in [0.29, 0.717) is 0 Å². The van der Waals surface area contributed by atoms with Gasteiger partial charge in [0, 0.05) is 0 Å². The van der Waals surface area contributed by atoms with Crippen LogP contribution in [0.4, 0.5) is 0 Å². The fourth-order valence-electron chi connectivity index (χ4n) is 1.28. The first-order chi connectivity index (χ1) is 6.89. The zero-order valence-electron chi connectivity index (χ0n) is 10.9. The average Bonchev–Trinajstić information content (AvgIpc) is 2.16. The number of rotatable bonds is 7. The fraction of sp³-hybridized carbons (Fsp3) is 0.923. The Labute approximate surface area is 95.1 Å². The highest BCUT2D eigenvalue weighted by atomic mass is 14.9. The number of hydrogen-bond acceptors (Lipinski definition) is 2. The molecule has 0 radical (unpaired) electrons. The molecule has 0 amide bonds. The van der Waals surface area contributed by atoms with Crippen LogP contribution >= 0.6 is 0 Å². The predicted octanol–water partition coefficient (Wildman–Crippen LogP) is 3.20. The Morgan fingerprint density at radius 2 is 1.87 bits per heavy atom. The molecule has 0 heterocycles. The lowest BCUT2D eigenvalue weighted by atomic mass is 9.90. The molecule has 1 N–H and O–H groups in total. The molecule has 0 fully saturated rings. The van der Waals surface area contributed by atoms with Gasteiger partial charge in [-0.3, -0.25) is 0 Å². The Morgan fingerprint density at radius 1 is 1.27 bits per heavy atom. The second-order valence-electron chi connectivity index (χ2n) is 5.52. The largest absolute Gasteiger partial charge is 0.316 e. The molecule has 0 aromatic carbocycles. The Morgan fingerprint density at radius 3 is 2.33 bits per heavy atom. The summed E-state index contributed by atoms with van der Waals surface area (Å²) >= 11 is 0. The van der Waals surface area contributed by atoms with Gasteiger partial charge in [-0.05, 0) is 51.6 Å². The van der Waals surface area contributed by atoms with E-state index in [1.165, 1.54) is 0 Å². The van der Waals surface area contributed by atoms with Crippen molar-refractivity contribution in [2.24, 2.45) is 17.3 Å². The van der Waals surface area contributed by atoms with Crippen LogP contribution in [0.5, 0.6) is 0 Å². The van der Waals surface area contributed by atoms with Gasteiger partial charge in [0.05, 0.1) is 11.5 Å². The van der Waals surface area contributed by atoms with Crippen molar-refractivity contribution in [3.8, 4) is 6.07 Å². The van der Waals surface area contributed by atoms with Gasteiger partial charge in [-0.1, -0.05) is 20.8 Å². The smallest absolute Gasteiger partial charge is 0.0683 e. The number of nitriles is 1. The van der Waals surface area contributed by atoms with E-state index in [1.807, 2.05) is 13.8 Å². The van der Waals surface area contributed by atoms with Crippen LogP contribution < -0.4 is 5.32 Å². The Bertz CT molecular complexity index is 201. The predicted molar refractivity (Wildman–Crippen MR) is 65.5 cm³/mol. The van der Waals surface area contributed by atoms with Gasteiger partial charge < -0.3 is 5.32 Å². The molecular formula is C13H26N2. The minimum Gasteiger partial charge on any atom is -0.316 e. The molecule has 0 bridgehead atoms. The molecule has 0 saturated heterocycles. The van der Waals surface area contributed by atoms with Crippen molar-refractivity contribution >= 4 is 0 Å². The third-order valence-electron chi connectivity index (χ3n) is 3.06. The Hall–Kier alpha value is -0.550. The highest BCUT2D eigenvalue weighted by Crippen LogP contribution is 2.19. The molecule has 88 valence electrons. The fourth-order valence-corrected chi connectivity index (χ4v) is 1.28. The van der Waals surface area contributed by atoms with Crippen LogP contribution in [0, 0.1) is 28.6 Å². The molecule has 0 aromatic rings. The maximum atomic E-state index is 8.84. The summed E-state index contributed by atoms with van der Waals surface area (Å²) in [4.78, 5) is 0. The third-order valence-corrected chi connectivity index (χ3v) is 3.06. The van der Waals surface area contributed by atoms with Crippen molar-refractivity contribution in [1.29, 1.82) is 5.26 Å². The first-order valence-electron chi connectivity index (χ1n) is 6.01. The second kappa shape index (κ2) is 6.85. The number of nitrogens with one attached hydrogen (secondary N) is 1. The monoisotopic (exact) mass is 210 g/mol. The van der Waals surface area contributed by atoms with Gasteiger partial charge >= 0.3 is 0 Å². The van der Waals surface area contributed by atoms with E-state index >= 15 is 0 Å². The summed E-state index contributed by atoms with van der Waals surface area (Å²) in [7, 11) is 0. The summed E-state index contributed by atoms with van der Waals surface area (Å²) in [5, 5.41) is 12.3. The minimum absolute atomic E-state index is 0.161. The van der Waals surface area contributed by atoms with Gasteiger partial charge in [0.1, 0.15) is 0 Å². The van der Waals surface area contributed by atoms with Crippen molar-refractivity contribution < 1.29 is 0 Å². The summed E-state index contributed by atoms with van der Waals surface area (Å²) in [6, 6.07) is 2.33. The lowest BCUT2D eigenvalue weighted by Crippen LogP contribution is -2.25. The standard InChI is InChI=1S/C13H26N2/c1-11(2)12(3)9-15-8-6-7-13(4,5)10-14/h11-12,15H,6-9H2,1-5H3. The van der Waals surface area contributed by atoms with Crippen molar-refractivity contribution in [2.75, 3.05) is 13.1 Å². The lowest BCUT2D eigenvalue weighted by molar-refractivity contribution is 0.377. The van der Waals surface area contributed by atoms with Gasteiger partial charge in [0.25, 0.3) is 0 Å². The number of hydrogen-bond donors (Lipinski definition) is 1. The van der Waals surface area contributed by atoms with Crippen LogP contribution in [0.1, 0.15) is 47.5 Å². The molecule has 1 atom stereocenters. The maximum absolute atomic E-state index is 8.84. The van der Waals surface area contributed by atoms with Crippen LogP contribution in [0.25, 0.3) is 0 Å². The maximum Gasteiger partial charge on any atom is 0.0683 e. The molecule has 0 aliphatic heterocycles. The van der Waals surface area contributed by atoms with E-state index in [0.717, 1.165) is 37.8 Å². The van der Waals surface area contributed by atoms with Gasteiger partial charge in [-0.15, -0.1) is 0 Å². The zero-order valence-corrected chi connectivity index (χ0v) is 10.9. The van der Waals surface area contributed by atoms with Gasteiger partial charge in [0.2, 0.25) is 0 Å². The molecular weight excluding hydrogens is 184 g/mol. The van der Waals surface area contributed by atoms with E-state index in [1.54, 1.807) is 0 Å². The summed E-state index contributed by atoms with van der Waals surface area (Å²) < 4.78 is 0. The van der Waals surface area contributed by atoms with E-state index in [2.05, 4.69) is 32.2 Å². The van der Waals surface area contributed by atoms with Gasteiger partial charge in [-0.25, -0.2) is 0 Å². The van der Waals surface area contributed by atoms with Crippen LogP contribution in [-0.4, -0.2) is 13.1 Å². The number of nitrogens with zero attached hydrogens (tertiary/aromatic N) is 1. The van der Waals surface area contributed by atoms with Crippen LogP contribution in [0.15, 0.2) is 0 Å². The van der Waals surface area contributed by atoms with Gasteiger partial charge in [-0.2, -0.15) is 5.26 Å². The van der Waals surface area contributed by atoms with Crippen molar-refractivity contribution in [3.63, 3.8) is 0 Å². The summed E-state index contributed by atoms with van der Waals surface area (Å²) in [6.07, 6.45) is 2.07. The summed E-state index contributed by atoms with van der Waals surface area (Å²) in [5.41, 5.74) is -0.161. The Kier molecular flexibility index (Phi) is 6.60. The zero-order chi connectivity index (χ0) is 11.9. The van der Waals surface area contributed by atoms with Crippen LogP contribution in [0.2, 0.25) is 0 Å². The first-order valence-corrected chi connectivity index (χ1v) is 6.01. The molecule has 0 aliphatic carbocycles. The molecule has 2 heteroatoms. The molecule has 0 saturated carbocycles. The molecule has 0 aromatic heterocycles. The van der Waals surface area contributed by atoms with Gasteiger partial charge in [0.15, 0.2) is 0 Å². The quantitative estimate of drug-likeness (QED) is 0.655. The van der Waals surface area contributed by atoms with Crippen molar-refractivity contribution in [1.82, 2.24) is 5.32 Å². The normalized spacial score (nSPS) is 13.9. The SMILES string of the molecule is CC(C)C(C)CNCCCC(C)(C)C#N. The van der Waals surface area contributed by atoms with Crippen molar-refractivity contribution in [2.45, 2.75) is 47.5 Å². The highest BCUT2D eigenvalue weighted by Gasteiger charge is 2.15. The highest BCUT2D eigenvalue weighted by molar-refractivity contribution is 4.91. The van der Waals surface area contributed by atoms with E-state index in [-0.39, 0.29) is 5.41 Å². The molecule has 0 rings (SSSR count). The molecule has 0 spiro atoms. The van der Waals surface area contributed by atoms with Crippen LogP contribution in [-0.2, 0) is 0 Å². The summed E-state index contributed by atoms with van der Waals surface area (Å²) in [6.45, 7) is 12.9. The Balaban J connectivity index is 3.45. The first kappa shape index (κ1) is 14.5. The lowest BCUT2D eigenvalue weighted by Gasteiger charge is -2.18. The average molecular weight is 210 g/mol. The second-order valence-corrected chi connectivity index (χ2v) is 5.52. The molecule has 0 aliphatic rings. The van der Waals surface area contributed by atoms with Crippen molar-refractivity contribution in [3.05, 3.63) is 0 Å². The minimum atomic E-state index is -0.161. The third kappa shape index (κ3) is 7.39. The molecule has 1 unspecified atom stereocenters.